The fraction of sp³-hybridized carbons (Fsp3) is 0.355. The molecule has 0 radical (unpaired) electrons. The number of methoxy groups -OCH3 is 2. The van der Waals surface area contributed by atoms with Crippen molar-refractivity contribution in [1.29, 1.82) is 0 Å². The minimum Gasteiger partial charge on any atom is -0.507 e. The lowest BCUT2D eigenvalue weighted by Gasteiger charge is -2.34. The van der Waals surface area contributed by atoms with Gasteiger partial charge in [0, 0.05) is 27.5 Å². The molecule has 0 saturated carbocycles. The van der Waals surface area contributed by atoms with Crippen molar-refractivity contribution in [2.24, 2.45) is 5.41 Å². The molecular weight excluding hydrogens is 994 g/mol. The first kappa shape index (κ1) is 59.8. The van der Waals surface area contributed by atoms with Crippen LogP contribution in [0.2, 0.25) is 0 Å². The van der Waals surface area contributed by atoms with E-state index in [2.05, 4.69) is 59.7 Å². The van der Waals surface area contributed by atoms with E-state index >= 15 is 0 Å². The molecule has 1 unspecified atom stereocenters. The second kappa shape index (κ2) is 24.7. The van der Waals surface area contributed by atoms with Crippen LogP contribution in [0.25, 0.3) is 22.3 Å². The van der Waals surface area contributed by atoms with E-state index in [9.17, 15) is 46.5 Å². The van der Waals surface area contributed by atoms with Gasteiger partial charge in [-0.1, -0.05) is 157 Å². The van der Waals surface area contributed by atoms with Crippen molar-refractivity contribution in [2.45, 2.75) is 123 Å². The molecule has 0 saturated heterocycles. The third-order valence-electron chi connectivity index (χ3n) is 14.4. The quantitative estimate of drug-likeness (QED) is 0.0369. The van der Waals surface area contributed by atoms with Gasteiger partial charge in [-0.05, 0) is 125 Å². The number of aromatic hydroxyl groups is 2. The van der Waals surface area contributed by atoms with Gasteiger partial charge in [0.2, 0.25) is 0 Å². The van der Waals surface area contributed by atoms with E-state index in [0.717, 1.165) is 68.5 Å². The molecule has 6 aromatic rings. The number of carbonyl (C=O) groups is 2. The molecule has 0 amide bonds. The van der Waals surface area contributed by atoms with Gasteiger partial charge in [-0.15, -0.1) is 0 Å². The molecule has 6 aromatic carbocycles. The number of aryl methyl sites for hydroxylation is 2. The molecule has 10 nitrogen and oxygen atoms in total. The molecule has 1 atom stereocenters. The highest BCUT2D eigenvalue weighted by Gasteiger charge is 2.49. The third-order valence-corrected chi connectivity index (χ3v) is 15.3. The molecule has 0 aliphatic heterocycles. The highest BCUT2D eigenvalue weighted by Crippen LogP contribution is 2.45. The molecule has 76 heavy (non-hydrogen) atoms. The molecule has 0 bridgehead atoms. The summed E-state index contributed by atoms with van der Waals surface area (Å²) in [5.41, 5.74) is 3.92. The first-order valence-corrected chi connectivity index (χ1v) is 26.6. The summed E-state index contributed by atoms with van der Waals surface area (Å²) in [6, 6.07) is 36.8. The first-order chi connectivity index (χ1) is 35.7. The Hall–Kier alpha value is -7.08. The smallest absolute Gasteiger partial charge is 0.507 e. The Bertz CT molecular complexity index is 3170. The molecule has 404 valence electrons. The van der Waals surface area contributed by atoms with Crippen LogP contribution in [0, 0.1) is 31.1 Å². The lowest BCUT2D eigenvalue weighted by Crippen LogP contribution is -2.29. The summed E-state index contributed by atoms with van der Waals surface area (Å²) >= 11 is 0. The van der Waals surface area contributed by atoms with Gasteiger partial charge in [-0.2, -0.15) is 21.6 Å². The number of phenols is 2. The second-order valence-corrected chi connectivity index (χ2v) is 21.5. The number of alkyl halides is 3. The maximum Gasteiger partial charge on any atom is 0.534 e. The minimum absolute atomic E-state index is 0.0439. The highest BCUT2D eigenvalue weighted by atomic mass is 32.2. The van der Waals surface area contributed by atoms with E-state index in [1.165, 1.54) is 32.8 Å². The van der Waals surface area contributed by atoms with Gasteiger partial charge in [0.05, 0.1) is 27.1 Å². The molecular formula is C62H69F3O10S. The van der Waals surface area contributed by atoms with Crippen LogP contribution in [0.4, 0.5) is 13.2 Å². The number of halogens is 3. The van der Waals surface area contributed by atoms with E-state index in [1.54, 1.807) is 48.5 Å². The van der Waals surface area contributed by atoms with Gasteiger partial charge in [0.15, 0.2) is 0 Å². The average Bonchev–Trinajstić information content (AvgIpc) is 3.38. The number of rotatable bonds is 16. The summed E-state index contributed by atoms with van der Waals surface area (Å²) < 4.78 is 75.0. The Morgan fingerprint density at radius 3 is 1.30 bits per heavy atom. The standard InChI is InChI=1S/C34H40O4.C28H29F3O6S/c1-8-34(9-2,27-16-14-25(23(3)20-27)15-19-31(36)33(4,5)6)28-17-18-29(30(35)22-28)26-12-10-24(11-13-26)21-32(37)38-7;1-5-27(6-2,21-12-14-25(18(3)15-21)37-38(34,35)28(29,30)31)22-11-13-23(24(32)17-22)20-9-7-19(8-10-20)16-26(33)36-4/h10-14,16-18,20,22,31,35-36H,8-9,21H2,1-7H3;7-15,17,32H,5-6,16H2,1-4H3. The van der Waals surface area contributed by atoms with Crippen molar-refractivity contribution < 1.29 is 60.2 Å². The molecule has 0 fully saturated rings. The monoisotopic (exact) mass is 1060 g/mol. The lowest BCUT2D eigenvalue weighted by atomic mass is 9.70. The van der Waals surface area contributed by atoms with Gasteiger partial charge in [0.1, 0.15) is 23.4 Å². The topological polar surface area (TPSA) is 157 Å². The van der Waals surface area contributed by atoms with Crippen molar-refractivity contribution in [2.75, 3.05) is 14.2 Å². The Balaban J connectivity index is 0.000000281. The number of benzene rings is 6. The SMILES string of the molecule is CCC(CC)(c1ccc(C#CC(O)C(C)(C)C)c(C)c1)c1ccc(-c2ccc(CC(=O)OC)cc2)c(O)c1.CCC(CC)(c1ccc(OS(=O)(=O)C(F)(F)F)c(C)c1)c1ccc(-c2ccc(CC(=O)OC)cc2)c(O)c1. The average molecular weight is 1060 g/mol. The summed E-state index contributed by atoms with van der Waals surface area (Å²) in [5, 5.41) is 32.3. The van der Waals surface area contributed by atoms with Crippen molar-refractivity contribution >= 4 is 22.1 Å². The van der Waals surface area contributed by atoms with Gasteiger partial charge in [0.25, 0.3) is 0 Å². The van der Waals surface area contributed by atoms with Crippen LogP contribution in [0.15, 0.2) is 121 Å². The van der Waals surface area contributed by atoms with E-state index in [4.69, 9.17) is 4.74 Å². The Kier molecular flexibility index (Phi) is 19.5. The normalized spacial score (nSPS) is 12.4. The van der Waals surface area contributed by atoms with Crippen LogP contribution in [0.5, 0.6) is 17.2 Å². The molecule has 0 aliphatic carbocycles. The number of phenolic OH excluding ortho intramolecular Hbond substituents is 2. The first-order valence-electron chi connectivity index (χ1n) is 25.1. The number of hydrogen-bond acceptors (Lipinski definition) is 10. The van der Waals surface area contributed by atoms with Gasteiger partial charge in [-0.3, -0.25) is 9.59 Å². The molecule has 0 spiro atoms. The van der Waals surface area contributed by atoms with Gasteiger partial charge in [-0.25, -0.2) is 0 Å². The Morgan fingerprint density at radius 1 is 0.579 bits per heavy atom. The number of ether oxygens (including phenoxy) is 2. The summed E-state index contributed by atoms with van der Waals surface area (Å²) in [4.78, 5) is 23.0. The van der Waals surface area contributed by atoms with Crippen LogP contribution in [-0.2, 0) is 52.9 Å². The fourth-order valence-corrected chi connectivity index (χ4v) is 9.88. The van der Waals surface area contributed by atoms with Crippen molar-refractivity contribution in [3.8, 4) is 51.3 Å². The van der Waals surface area contributed by atoms with Crippen molar-refractivity contribution in [1.82, 2.24) is 0 Å². The van der Waals surface area contributed by atoms with Crippen molar-refractivity contribution in [3.05, 3.63) is 171 Å². The number of carbonyl (C=O) groups excluding carboxylic acids is 2. The molecule has 14 heteroatoms. The summed E-state index contributed by atoms with van der Waals surface area (Å²) in [6.45, 7) is 17.7. The zero-order valence-corrected chi connectivity index (χ0v) is 45.9. The Labute approximate surface area is 446 Å². The van der Waals surface area contributed by atoms with Crippen molar-refractivity contribution in [3.63, 3.8) is 0 Å². The highest BCUT2D eigenvalue weighted by molar-refractivity contribution is 7.88. The third kappa shape index (κ3) is 13.7. The van der Waals surface area contributed by atoms with E-state index in [0.29, 0.717) is 18.4 Å². The molecule has 3 N–H and O–H groups in total. The molecule has 0 aliphatic rings. The molecule has 0 aromatic heterocycles. The number of hydrogen-bond donors (Lipinski definition) is 3. The van der Waals surface area contributed by atoms with E-state index in [1.807, 2.05) is 83.1 Å². The molecule has 6 rings (SSSR count). The predicted molar refractivity (Wildman–Crippen MR) is 292 cm³/mol. The van der Waals surface area contributed by atoms with Crippen LogP contribution in [0.1, 0.15) is 124 Å². The zero-order chi connectivity index (χ0) is 56.4. The Morgan fingerprint density at radius 2 is 0.961 bits per heavy atom. The number of aliphatic hydroxyl groups excluding tert-OH is 1. The van der Waals surface area contributed by atoms with Gasteiger partial charge >= 0.3 is 27.6 Å². The van der Waals surface area contributed by atoms with E-state index < -0.39 is 32.9 Å². The predicted octanol–water partition coefficient (Wildman–Crippen LogP) is 13.4. The maximum atomic E-state index is 12.8. The summed E-state index contributed by atoms with van der Waals surface area (Å²) in [6.07, 6.45) is 2.61. The number of aliphatic hydroxyl groups is 1. The summed E-state index contributed by atoms with van der Waals surface area (Å²) in [7, 11) is -3.08. The summed E-state index contributed by atoms with van der Waals surface area (Å²) in [5.74, 6) is 5.39. The fourth-order valence-electron chi connectivity index (χ4n) is 9.37. The van der Waals surface area contributed by atoms with E-state index in [-0.39, 0.29) is 52.7 Å². The van der Waals surface area contributed by atoms with Crippen LogP contribution < -0.4 is 4.18 Å². The van der Waals surface area contributed by atoms with Gasteiger partial charge < -0.3 is 29.0 Å². The van der Waals surface area contributed by atoms with Crippen LogP contribution in [0.3, 0.4) is 0 Å². The number of esters is 2. The molecule has 0 heterocycles. The zero-order valence-electron chi connectivity index (χ0n) is 45.1. The lowest BCUT2D eigenvalue weighted by molar-refractivity contribution is -0.140. The second-order valence-electron chi connectivity index (χ2n) is 20.0. The largest absolute Gasteiger partial charge is 0.534 e. The van der Waals surface area contributed by atoms with Crippen LogP contribution >= 0.6 is 0 Å². The van der Waals surface area contributed by atoms with Crippen LogP contribution in [-0.4, -0.2) is 61.5 Å². The maximum absolute atomic E-state index is 12.8. The minimum atomic E-state index is -5.79.